The summed E-state index contributed by atoms with van der Waals surface area (Å²) in [7, 11) is 0. The Kier molecular flexibility index (Phi) is 5.45. The van der Waals surface area contributed by atoms with E-state index in [2.05, 4.69) is 19.9 Å². The third-order valence-corrected chi connectivity index (χ3v) is 5.63. The lowest BCUT2D eigenvalue weighted by molar-refractivity contribution is 0.0872. The molecule has 1 amide bonds. The molecule has 1 aromatic carbocycles. The Morgan fingerprint density at radius 1 is 1.21 bits per heavy atom. The Bertz CT molecular complexity index is 999. The lowest BCUT2D eigenvalue weighted by Crippen LogP contribution is -2.40. The zero-order valence-electron chi connectivity index (χ0n) is 16.7. The average Bonchev–Trinajstić information content (AvgIpc) is 3.31. The summed E-state index contributed by atoms with van der Waals surface area (Å²) in [6, 6.07) is 11.6. The number of nitrogens with one attached hydrogen (secondary N) is 1. The van der Waals surface area contributed by atoms with Crippen LogP contribution in [-0.2, 0) is 6.54 Å². The Labute approximate surface area is 170 Å². The number of nitrogens with zero attached hydrogens (tertiary/aromatic N) is 3. The fraction of sp³-hybridized carbons (Fsp3) is 0.348. The molecule has 1 saturated carbocycles. The summed E-state index contributed by atoms with van der Waals surface area (Å²) in [5.74, 6) is 1.05. The number of aryl methyl sites for hydroxylation is 2. The van der Waals surface area contributed by atoms with Crippen molar-refractivity contribution in [2.24, 2.45) is 5.92 Å². The van der Waals surface area contributed by atoms with E-state index in [9.17, 15) is 9.90 Å². The minimum absolute atomic E-state index is 0.148. The van der Waals surface area contributed by atoms with Crippen molar-refractivity contribution in [3.8, 4) is 11.4 Å². The molecule has 29 heavy (non-hydrogen) atoms. The van der Waals surface area contributed by atoms with Gasteiger partial charge in [-0.2, -0.15) is 0 Å². The summed E-state index contributed by atoms with van der Waals surface area (Å²) in [5.41, 5.74) is 3.33. The smallest absolute Gasteiger partial charge is 0.251 e. The third-order valence-electron chi connectivity index (χ3n) is 5.63. The van der Waals surface area contributed by atoms with Gasteiger partial charge in [-0.3, -0.25) is 9.78 Å². The highest BCUT2D eigenvalue weighted by atomic mass is 16.3. The number of carbonyl (C=O) groups is 1. The molecule has 3 aromatic rings. The van der Waals surface area contributed by atoms with Gasteiger partial charge in [0, 0.05) is 42.0 Å². The average molecular weight is 390 g/mol. The van der Waals surface area contributed by atoms with Gasteiger partial charge in [-0.25, -0.2) is 4.98 Å². The van der Waals surface area contributed by atoms with Crippen LogP contribution in [0.3, 0.4) is 0 Å². The van der Waals surface area contributed by atoms with Gasteiger partial charge in [-0.05, 0) is 44.2 Å². The number of imidazole rings is 1. The maximum Gasteiger partial charge on any atom is 0.251 e. The number of pyridine rings is 1. The molecule has 2 heterocycles. The maximum absolute atomic E-state index is 12.7. The fourth-order valence-corrected chi connectivity index (χ4v) is 4.12. The molecule has 1 aliphatic carbocycles. The number of carbonyl (C=O) groups excluding carboxylic acids is 1. The van der Waals surface area contributed by atoms with Crippen molar-refractivity contribution in [1.29, 1.82) is 0 Å². The third kappa shape index (κ3) is 4.22. The molecule has 0 saturated heterocycles. The minimum atomic E-state index is -0.545. The lowest BCUT2D eigenvalue weighted by atomic mass is 10.1. The van der Waals surface area contributed by atoms with Crippen LogP contribution >= 0.6 is 0 Å². The summed E-state index contributed by atoms with van der Waals surface area (Å²) in [6.45, 7) is 4.51. The molecule has 2 aromatic heterocycles. The van der Waals surface area contributed by atoms with Gasteiger partial charge < -0.3 is 15.0 Å². The van der Waals surface area contributed by atoms with E-state index in [1.54, 1.807) is 12.3 Å². The van der Waals surface area contributed by atoms with E-state index in [1.807, 2.05) is 56.6 Å². The van der Waals surface area contributed by atoms with Crippen LogP contribution in [0, 0.1) is 19.8 Å². The van der Waals surface area contributed by atoms with Gasteiger partial charge in [0.25, 0.3) is 5.91 Å². The van der Waals surface area contributed by atoms with Crippen molar-refractivity contribution >= 4 is 5.91 Å². The van der Waals surface area contributed by atoms with E-state index in [1.165, 1.54) is 0 Å². The number of rotatable bonds is 5. The summed E-state index contributed by atoms with van der Waals surface area (Å²) in [5, 5.41) is 13.6. The first-order valence-corrected chi connectivity index (χ1v) is 10.00. The first-order chi connectivity index (χ1) is 14.0. The Morgan fingerprint density at radius 2 is 2.00 bits per heavy atom. The molecule has 2 N–H and O–H groups in total. The zero-order chi connectivity index (χ0) is 20.4. The predicted octanol–water partition coefficient (Wildman–Crippen LogP) is 3.13. The van der Waals surface area contributed by atoms with Crippen LogP contribution in [0.5, 0.6) is 0 Å². The molecule has 0 radical (unpaired) electrons. The molecular formula is C23H26N4O2. The van der Waals surface area contributed by atoms with Crippen LogP contribution in [0.15, 0.2) is 55.0 Å². The SMILES string of the molecule is Cc1cc(C(=O)N[C@@H]2CC(Cn3ccnc3-c3ccccc3)C[C@H]2O)c(C)cn1. The topological polar surface area (TPSA) is 80.0 Å². The van der Waals surface area contributed by atoms with Gasteiger partial charge in [0.15, 0.2) is 0 Å². The molecule has 150 valence electrons. The number of aliphatic hydroxyl groups excluding tert-OH is 1. The van der Waals surface area contributed by atoms with Crippen LogP contribution in [0.2, 0.25) is 0 Å². The second kappa shape index (κ2) is 8.17. The van der Waals surface area contributed by atoms with Gasteiger partial charge >= 0.3 is 0 Å². The summed E-state index contributed by atoms with van der Waals surface area (Å²) >= 11 is 0. The maximum atomic E-state index is 12.7. The lowest BCUT2D eigenvalue weighted by Gasteiger charge is -2.17. The van der Waals surface area contributed by atoms with Crippen molar-refractivity contribution in [3.05, 3.63) is 71.8 Å². The highest BCUT2D eigenvalue weighted by Gasteiger charge is 2.34. The summed E-state index contributed by atoms with van der Waals surface area (Å²) in [4.78, 5) is 21.4. The number of hydrogen-bond acceptors (Lipinski definition) is 4. The Balaban J connectivity index is 1.43. The second-order valence-electron chi connectivity index (χ2n) is 7.89. The fourth-order valence-electron chi connectivity index (χ4n) is 4.12. The molecule has 6 heteroatoms. The van der Waals surface area contributed by atoms with E-state index < -0.39 is 6.10 Å². The van der Waals surface area contributed by atoms with Crippen molar-refractivity contribution < 1.29 is 9.90 Å². The van der Waals surface area contributed by atoms with Gasteiger partial charge in [-0.1, -0.05) is 30.3 Å². The zero-order valence-corrected chi connectivity index (χ0v) is 16.7. The number of aliphatic hydroxyl groups is 1. The van der Waals surface area contributed by atoms with Crippen LogP contribution in [0.4, 0.5) is 0 Å². The highest BCUT2D eigenvalue weighted by molar-refractivity contribution is 5.95. The minimum Gasteiger partial charge on any atom is -0.391 e. The Hall–Kier alpha value is -2.99. The number of amides is 1. The standard InChI is InChI=1S/C23H26N4O2/c1-15-13-25-16(2)10-19(15)23(29)26-20-11-17(12-21(20)28)14-27-9-8-24-22(27)18-6-4-3-5-7-18/h3-10,13,17,20-21,28H,11-12,14H2,1-2H3,(H,26,29)/t17?,20-,21-/m1/s1. The largest absolute Gasteiger partial charge is 0.391 e. The molecular weight excluding hydrogens is 364 g/mol. The molecule has 4 rings (SSSR count). The molecule has 1 fully saturated rings. The van der Waals surface area contributed by atoms with E-state index in [4.69, 9.17) is 0 Å². The molecule has 0 aliphatic heterocycles. The van der Waals surface area contributed by atoms with Gasteiger partial charge in [-0.15, -0.1) is 0 Å². The van der Waals surface area contributed by atoms with E-state index in [-0.39, 0.29) is 17.9 Å². The molecule has 6 nitrogen and oxygen atoms in total. The molecule has 1 unspecified atom stereocenters. The van der Waals surface area contributed by atoms with Crippen LogP contribution in [-0.4, -0.2) is 37.7 Å². The quantitative estimate of drug-likeness (QED) is 0.701. The van der Waals surface area contributed by atoms with Gasteiger partial charge in [0.1, 0.15) is 5.82 Å². The first kappa shape index (κ1) is 19.3. The van der Waals surface area contributed by atoms with Gasteiger partial charge in [0.2, 0.25) is 0 Å². The first-order valence-electron chi connectivity index (χ1n) is 10.00. The predicted molar refractivity (Wildman–Crippen MR) is 111 cm³/mol. The number of benzene rings is 1. The van der Waals surface area contributed by atoms with E-state index in [0.29, 0.717) is 12.0 Å². The summed E-state index contributed by atoms with van der Waals surface area (Å²) in [6.07, 6.45) is 6.35. The van der Waals surface area contributed by atoms with Crippen molar-refractivity contribution in [2.75, 3.05) is 0 Å². The molecule has 3 atom stereocenters. The molecule has 0 spiro atoms. The van der Waals surface area contributed by atoms with Crippen molar-refractivity contribution in [1.82, 2.24) is 19.9 Å². The number of hydrogen-bond donors (Lipinski definition) is 2. The van der Waals surface area contributed by atoms with E-state index >= 15 is 0 Å². The van der Waals surface area contributed by atoms with Crippen molar-refractivity contribution in [2.45, 2.75) is 45.4 Å². The molecule has 0 bridgehead atoms. The Morgan fingerprint density at radius 3 is 2.79 bits per heavy atom. The van der Waals surface area contributed by atoms with Crippen LogP contribution < -0.4 is 5.32 Å². The van der Waals surface area contributed by atoms with Crippen LogP contribution in [0.1, 0.15) is 34.5 Å². The highest BCUT2D eigenvalue weighted by Crippen LogP contribution is 2.29. The monoisotopic (exact) mass is 390 g/mol. The number of aromatic nitrogens is 3. The van der Waals surface area contributed by atoms with E-state index in [0.717, 1.165) is 35.6 Å². The summed E-state index contributed by atoms with van der Waals surface area (Å²) < 4.78 is 2.13. The normalized spacial score (nSPS) is 21.3. The second-order valence-corrected chi connectivity index (χ2v) is 7.89. The van der Waals surface area contributed by atoms with Crippen molar-refractivity contribution in [3.63, 3.8) is 0 Å². The molecule has 1 aliphatic rings. The van der Waals surface area contributed by atoms with Crippen LogP contribution in [0.25, 0.3) is 11.4 Å². The van der Waals surface area contributed by atoms with Gasteiger partial charge in [0.05, 0.1) is 12.1 Å².